The van der Waals surface area contributed by atoms with E-state index in [1.54, 1.807) is 24.3 Å². The summed E-state index contributed by atoms with van der Waals surface area (Å²) in [4.78, 5) is 29.0. The highest BCUT2D eigenvalue weighted by molar-refractivity contribution is 5.95. The summed E-state index contributed by atoms with van der Waals surface area (Å²) in [5.41, 5.74) is 0.732. The van der Waals surface area contributed by atoms with E-state index >= 15 is 0 Å². The van der Waals surface area contributed by atoms with E-state index in [0.717, 1.165) is 25.9 Å². The van der Waals surface area contributed by atoms with Gasteiger partial charge in [-0.25, -0.2) is 9.59 Å². The molecule has 0 atom stereocenters. The molecule has 0 aromatic heterocycles. The molecule has 0 N–H and O–H groups in total. The van der Waals surface area contributed by atoms with Gasteiger partial charge in [0.2, 0.25) is 0 Å². The smallest absolute Gasteiger partial charge is 0.339 e. The molecule has 1 aromatic rings. The lowest BCUT2D eigenvalue weighted by molar-refractivity contribution is 0.0268. The molecule has 0 aliphatic rings. The fourth-order valence-electron chi connectivity index (χ4n) is 4.08. The Labute approximate surface area is 220 Å². The lowest BCUT2D eigenvalue weighted by atomic mass is 10.1. The Balaban J connectivity index is 2.27. The molecule has 0 aliphatic heterocycles. The van der Waals surface area contributed by atoms with Crippen molar-refractivity contribution in [3.63, 3.8) is 0 Å². The second kappa shape index (κ2) is 21.2. The van der Waals surface area contributed by atoms with Crippen LogP contribution in [0.2, 0.25) is 0 Å². The molecular weight excluding hydrogens is 452 g/mol. The molecule has 0 heterocycles. The summed E-state index contributed by atoms with van der Waals surface area (Å²) < 4.78 is 10.9. The summed E-state index contributed by atoms with van der Waals surface area (Å²) in [6, 6.07) is 6.58. The number of rotatable bonds is 22. The Kier molecular flexibility index (Phi) is 18.9. The van der Waals surface area contributed by atoms with Gasteiger partial charge in [0.05, 0.1) is 11.1 Å². The molecule has 6 nitrogen and oxygen atoms in total. The zero-order valence-corrected chi connectivity index (χ0v) is 23.6. The average molecular weight is 505 g/mol. The summed E-state index contributed by atoms with van der Waals surface area (Å²) >= 11 is 0. The number of esters is 2. The molecule has 0 amide bonds. The number of hydrogen-bond acceptors (Lipinski definition) is 6. The number of unbranched alkanes of at least 4 members (excludes halogenated alkanes) is 12. The second-order valence-electron chi connectivity index (χ2n) is 10.1. The Hall–Kier alpha value is -1.92. The van der Waals surface area contributed by atoms with Crippen molar-refractivity contribution in [2.75, 3.05) is 40.6 Å². The molecular formula is C30H52N2O4. The lowest BCUT2D eigenvalue weighted by Crippen LogP contribution is -2.25. The van der Waals surface area contributed by atoms with Crippen LogP contribution >= 0.6 is 0 Å². The molecule has 0 unspecified atom stereocenters. The van der Waals surface area contributed by atoms with Crippen molar-refractivity contribution in [1.82, 2.24) is 9.80 Å². The van der Waals surface area contributed by atoms with E-state index in [0.29, 0.717) is 11.1 Å². The molecule has 0 radical (unpaired) electrons. The van der Waals surface area contributed by atoms with Crippen LogP contribution in [0.15, 0.2) is 24.3 Å². The second-order valence-corrected chi connectivity index (χ2v) is 10.1. The largest absolute Gasteiger partial charge is 0.446 e. The third kappa shape index (κ3) is 15.9. The molecule has 0 bridgehead atoms. The van der Waals surface area contributed by atoms with E-state index in [9.17, 15) is 9.59 Å². The van der Waals surface area contributed by atoms with Crippen molar-refractivity contribution in [3.05, 3.63) is 35.4 Å². The van der Waals surface area contributed by atoms with Gasteiger partial charge in [-0.2, -0.15) is 0 Å². The Bertz CT molecular complexity index is 655. The Morgan fingerprint density at radius 3 is 1.36 bits per heavy atom. The van der Waals surface area contributed by atoms with Crippen molar-refractivity contribution >= 4 is 11.9 Å². The highest BCUT2D eigenvalue weighted by atomic mass is 16.5. The standard InChI is InChI=1S/C30H52N2O4/c1-5-7-9-11-13-15-17-22-31(3)25-35-29(33)27-20-19-21-28(24-27)30(34)36-26-32(4)23-18-16-14-12-10-8-6-2/h19-21,24H,5-18,22-23,25-26H2,1-4H3. The number of carbonyl (C=O) groups excluding carboxylic acids is 2. The first-order chi connectivity index (χ1) is 17.5. The molecule has 0 fully saturated rings. The molecule has 1 rings (SSSR count). The molecule has 6 heteroatoms. The minimum Gasteiger partial charge on any atom is -0.446 e. The predicted molar refractivity (Wildman–Crippen MR) is 148 cm³/mol. The first-order valence-electron chi connectivity index (χ1n) is 14.3. The van der Waals surface area contributed by atoms with Crippen molar-refractivity contribution < 1.29 is 19.1 Å². The van der Waals surface area contributed by atoms with Crippen LogP contribution in [0.4, 0.5) is 0 Å². The number of benzene rings is 1. The maximum absolute atomic E-state index is 12.5. The lowest BCUT2D eigenvalue weighted by Gasteiger charge is -2.17. The summed E-state index contributed by atoms with van der Waals surface area (Å²) in [6.07, 6.45) is 17.6. The summed E-state index contributed by atoms with van der Waals surface area (Å²) in [5.74, 6) is -0.848. The molecule has 0 spiro atoms. The third-order valence-corrected chi connectivity index (χ3v) is 6.45. The van der Waals surface area contributed by atoms with Gasteiger partial charge in [-0.3, -0.25) is 9.80 Å². The maximum Gasteiger partial charge on any atom is 0.339 e. The van der Waals surface area contributed by atoms with Crippen LogP contribution in [0, 0.1) is 0 Å². The van der Waals surface area contributed by atoms with Gasteiger partial charge in [-0.15, -0.1) is 0 Å². The molecule has 206 valence electrons. The predicted octanol–water partition coefficient (Wildman–Crippen LogP) is 7.28. The topological polar surface area (TPSA) is 59.1 Å². The maximum atomic E-state index is 12.5. The van der Waals surface area contributed by atoms with E-state index in [4.69, 9.17) is 9.47 Å². The molecule has 0 aliphatic carbocycles. The van der Waals surface area contributed by atoms with Gasteiger partial charge < -0.3 is 9.47 Å². The zero-order chi connectivity index (χ0) is 26.4. The van der Waals surface area contributed by atoms with Crippen LogP contribution in [0.1, 0.15) is 124 Å². The van der Waals surface area contributed by atoms with E-state index in [1.165, 1.54) is 77.0 Å². The van der Waals surface area contributed by atoms with Crippen LogP contribution < -0.4 is 0 Å². The van der Waals surface area contributed by atoms with E-state index in [-0.39, 0.29) is 13.5 Å². The summed E-state index contributed by atoms with van der Waals surface area (Å²) in [5, 5.41) is 0. The van der Waals surface area contributed by atoms with Crippen molar-refractivity contribution in [1.29, 1.82) is 0 Å². The number of carbonyl (C=O) groups is 2. The fourth-order valence-corrected chi connectivity index (χ4v) is 4.08. The molecule has 36 heavy (non-hydrogen) atoms. The van der Waals surface area contributed by atoms with Crippen LogP contribution in [0.25, 0.3) is 0 Å². The quantitative estimate of drug-likeness (QED) is 0.0939. The van der Waals surface area contributed by atoms with Crippen LogP contribution in [0.3, 0.4) is 0 Å². The number of nitrogens with zero attached hydrogens (tertiary/aromatic N) is 2. The van der Waals surface area contributed by atoms with Crippen LogP contribution in [-0.2, 0) is 9.47 Å². The van der Waals surface area contributed by atoms with Gasteiger partial charge in [-0.05, 0) is 45.1 Å². The minimum atomic E-state index is -0.424. The minimum absolute atomic E-state index is 0.243. The van der Waals surface area contributed by atoms with Gasteiger partial charge in [0.25, 0.3) is 0 Å². The number of ether oxygens (including phenoxy) is 2. The molecule has 1 aromatic carbocycles. The summed E-state index contributed by atoms with van der Waals surface area (Å²) in [7, 11) is 3.92. The van der Waals surface area contributed by atoms with Gasteiger partial charge >= 0.3 is 11.9 Å². The Morgan fingerprint density at radius 2 is 0.972 bits per heavy atom. The monoisotopic (exact) mass is 504 g/mol. The Morgan fingerprint density at radius 1 is 0.611 bits per heavy atom. The van der Waals surface area contributed by atoms with Gasteiger partial charge in [0, 0.05) is 13.1 Å². The third-order valence-electron chi connectivity index (χ3n) is 6.45. The molecule has 0 saturated carbocycles. The average Bonchev–Trinajstić information content (AvgIpc) is 2.89. The van der Waals surface area contributed by atoms with Crippen LogP contribution in [-0.4, -0.2) is 62.4 Å². The fraction of sp³-hybridized carbons (Fsp3) is 0.733. The first kappa shape index (κ1) is 32.1. The number of hydrogen-bond donors (Lipinski definition) is 0. The normalized spacial score (nSPS) is 11.3. The van der Waals surface area contributed by atoms with Gasteiger partial charge in [-0.1, -0.05) is 97.0 Å². The molecule has 0 saturated heterocycles. The van der Waals surface area contributed by atoms with Crippen molar-refractivity contribution in [2.45, 2.75) is 104 Å². The van der Waals surface area contributed by atoms with Crippen LogP contribution in [0.5, 0.6) is 0 Å². The van der Waals surface area contributed by atoms with E-state index in [2.05, 4.69) is 13.8 Å². The van der Waals surface area contributed by atoms with Crippen molar-refractivity contribution in [3.8, 4) is 0 Å². The first-order valence-corrected chi connectivity index (χ1v) is 14.3. The highest BCUT2D eigenvalue weighted by Gasteiger charge is 2.14. The summed E-state index contributed by atoms with van der Waals surface area (Å²) in [6.45, 7) is 6.76. The van der Waals surface area contributed by atoms with Gasteiger partial charge in [0.15, 0.2) is 0 Å². The van der Waals surface area contributed by atoms with Gasteiger partial charge in [0.1, 0.15) is 13.5 Å². The highest BCUT2D eigenvalue weighted by Crippen LogP contribution is 2.11. The van der Waals surface area contributed by atoms with Crippen molar-refractivity contribution in [2.24, 2.45) is 0 Å². The SMILES string of the molecule is CCCCCCCCCN(C)COC(=O)c1cccc(C(=O)OCN(C)CCCCCCCCC)c1. The van der Waals surface area contributed by atoms with E-state index in [1.807, 2.05) is 23.9 Å². The van der Waals surface area contributed by atoms with E-state index < -0.39 is 11.9 Å². The zero-order valence-electron chi connectivity index (χ0n) is 23.6.